The van der Waals surface area contributed by atoms with E-state index in [0.717, 1.165) is 0 Å². The van der Waals surface area contributed by atoms with Gasteiger partial charge in [-0.2, -0.15) is 0 Å². The van der Waals surface area contributed by atoms with E-state index in [1.165, 1.54) is 16.7 Å². The van der Waals surface area contributed by atoms with Crippen molar-refractivity contribution in [2.24, 2.45) is 11.1 Å². The summed E-state index contributed by atoms with van der Waals surface area (Å²) in [6.07, 6.45) is -1.08. The third-order valence-electron chi connectivity index (χ3n) is 2.29. The van der Waals surface area contributed by atoms with Crippen molar-refractivity contribution in [3.05, 3.63) is 0 Å². The Labute approximate surface area is 93.0 Å². The zero-order valence-electron chi connectivity index (χ0n) is 9.06. The first-order chi connectivity index (χ1) is 6.75. The van der Waals surface area contributed by atoms with Crippen LogP contribution in [0.3, 0.4) is 0 Å². The Morgan fingerprint density at radius 2 is 2.00 bits per heavy atom. The summed E-state index contributed by atoms with van der Waals surface area (Å²) in [5, 5.41) is 8.86. The van der Waals surface area contributed by atoms with E-state index in [2.05, 4.69) is 0 Å². The second kappa shape index (κ2) is 3.92. The minimum atomic E-state index is -1.08. The molecule has 0 aliphatic carbocycles. The molecule has 1 heterocycles. The Morgan fingerprint density at radius 1 is 1.47 bits per heavy atom. The highest BCUT2D eigenvalue weighted by atomic mass is 32.2. The summed E-state index contributed by atoms with van der Waals surface area (Å²) < 4.78 is 0. The van der Waals surface area contributed by atoms with Crippen LogP contribution in [0.2, 0.25) is 0 Å². The van der Waals surface area contributed by atoms with E-state index in [1.807, 2.05) is 20.8 Å². The quantitative estimate of drug-likeness (QED) is 0.704. The van der Waals surface area contributed by atoms with E-state index in [4.69, 9.17) is 10.8 Å². The van der Waals surface area contributed by atoms with Gasteiger partial charge in [-0.25, -0.2) is 4.79 Å². The first-order valence-electron chi connectivity index (χ1n) is 4.67. The highest BCUT2D eigenvalue weighted by molar-refractivity contribution is 8.00. The van der Waals surface area contributed by atoms with Gasteiger partial charge < -0.3 is 10.8 Å². The van der Waals surface area contributed by atoms with Crippen molar-refractivity contribution >= 4 is 23.8 Å². The van der Waals surface area contributed by atoms with Crippen LogP contribution in [-0.4, -0.2) is 39.2 Å². The second-order valence-corrected chi connectivity index (χ2v) is 5.77. The van der Waals surface area contributed by atoms with Crippen LogP contribution >= 0.6 is 11.8 Å². The summed E-state index contributed by atoms with van der Waals surface area (Å²) in [6, 6.07) is -0.697. The van der Waals surface area contributed by atoms with Crippen LogP contribution in [0.5, 0.6) is 0 Å². The van der Waals surface area contributed by atoms with Crippen molar-refractivity contribution in [1.29, 1.82) is 0 Å². The smallest absolute Gasteiger partial charge is 0.408 e. The topological polar surface area (TPSA) is 83.6 Å². The molecule has 1 aliphatic heterocycles. The molecule has 0 radical (unpaired) electrons. The molecule has 0 spiro atoms. The van der Waals surface area contributed by atoms with Gasteiger partial charge in [-0.1, -0.05) is 20.8 Å². The van der Waals surface area contributed by atoms with Crippen LogP contribution in [-0.2, 0) is 4.79 Å². The fourth-order valence-electron chi connectivity index (χ4n) is 1.63. The van der Waals surface area contributed by atoms with E-state index < -0.39 is 18.0 Å². The minimum Gasteiger partial charge on any atom is -0.465 e. The molecule has 1 saturated heterocycles. The van der Waals surface area contributed by atoms with Gasteiger partial charge in [0.1, 0.15) is 6.04 Å². The Kier molecular flexibility index (Phi) is 3.18. The average Bonchev–Trinajstić information content (AvgIpc) is 2.45. The highest BCUT2D eigenvalue weighted by Crippen LogP contribution is 2.40. The number of carbonyl (C=O) groups excluding carboxylic acids is 1. The van der Waals surface area contributed by atoms with Crippen molar-refractivity contribution < 1.29 is 14.7 Å². The summed E-state index contributed by atoms with van der Waals surface area (Å²) in [5.74, 6) is -0.125. The molecule has 0 aromatic carbocycles. The number of rotatable bonds is 1. The lowest BCUT2D eigenvalue weighted by Crippen LogP contribution is -2.50. The predicted octanol–water partition coefficient (Wildman–Crippen LogP) is 0.939. The van der Waals surface area contributed by atoms with Gasteiger partial charge in [-0.15, -0.1) is 11.8 Å². The van der Waals surface area contributed by atoms with Crippen molar-refractivity contribution in [3.63, 3.8) is 0 Å². The molecule has 1 fully saturated rings. The summed E-state index contributed by atoms with van der Waals surface area (Å²) in [5.41, 5.74) is 4.97. The molecule has 2 atom stereocenters. The number of primary amides is 1. The number of nitrogens with zero attached hydrogens (tertiary/aromatic N) is 1. The fraction of sp³-hybridized carbons (Fsp3) is 0.778. The standard InChI is InChI=1S/C9H16N2O3S/c1-9(2,3)7-11(8(13)14)5(4-15-7)6(10)12/h5,7H,4H2,1-3H3,(H2,10,12)(H,13,14)/t5-,7?/m0/s1. The fourth-order valence-corrected chi connectivity index (χ4v) is 3.21. The highest BCUT2D eigenvalue weighted by Gasteiger charge is 2.45. The van der Waals surface area contributed by atoms with E-state index >= 15 is 0 Å². The second-order valence-electron chi connectivity index (χ2n) is 4.66. The molecule has 15 heavy (non-hydrogen) atoms. The molecule has 1 aliphatic rings. The maximum atomic E-state index is 11.1. The molecular weight excluding hydrogens is 216 g/mol. The van der Waals surface area contributed by atoms with Crippen molar-refractivity contribution in [1.82, 2.24) is 4.90 Å². The largest absolute Gasteiger partial charge is 0.465 e. The lowest BCUT2D eigenvalue weighted by Gasteiger charge is -2.33. The molecule has 86 valence electrons. The Balaban J connectivity index is 2.95. The van der Waals surface area contributed by atoms with Gasteiger partial charge in [-0.3, -0.25) is 9.69 Å². The molecule has 6 heteroatoms. The maximum Gasteiger partial charge on any atom is 0.408 e. The third kappa shape index (κ3) is 2.37. The number of nitrogens with two attached hydrogens (primary N) is 1. The number of hydrogen-bond donors (Lipinski definition) is 2. The minimum absolute atomic E-state index is 0.201. The molecule has 1 unspecified atom stereocenters. The lowest BCUT2D eigenvalue weighted by molar-refractivity contribution is -0.122. The van der Waals surface area contributed by atoms with Crippen LogP contribution in [0.4, 0.5) is 4.79 Å². The molecule has 0 aromatic rings. The Morgan fingerprint density at radius 3 is 2.33 bits per heavy atom. The van der Waals surface area contributed by atoms with Crippen LogP contribution in [0.15, 0.2) is 0 Å². The molecule has 0 bridgehead atoms. The molecule has 5 nitrogen and oxygen atoms in total. The van der Waals surface area contributed by atoms with E-state index in [0.29, 0.717) is 5.75 Å². The monoisotopic (exact) mass is 232 g/mol. The van der Waals surface area contributed by atoms with Crippen LogP contribution in [0.1, 0.15) is 20.8 Å². The summed E-state index contributed by atoms with van der Waals surface area (Å²) in [4.78, 5) is 23.3. The van der Waals surface area contributed by atoms with Gasteiger partial charge in [-0.05, 0) is 5.41 Å². The molecular formula is C9H16N2O3S. The molecule has 1 rings (SSSR count). The number of amides is 2. The molecule has 0 saturated carbocycles. The number of hydrogen-bond acceptors (Lipinski definition) is 3. The van der Waals surface area contributed by atoms with Gasteiger partial charge in [0.05, 0.1) is 5.37 Å². The first kappa shape index (κ1) is 12.2. The van der Waals surface area contributed by atoms with Gasteiger partial charge in [0.2, 0.25) is 5.91 Å². The lowest BCUT2D eigenvalue weighted by atomic mass is 9.95. The zero-order valence-corrected chi connectivity index (χ0v) is 9.87. The normalized spacial score (nSPS) is 26.7. The maximum absolute atomic E-state index is 11.1. The van der Waals surface area contributed by atoms with Gasteiger partial charge >= 0.3 is 6.09 Å². The number of carbonyl (C=O) groups is 2. The van der Waals surface area contributed by atoms with E-state index in [-0.39, 0.29) is 10.8 Å². The van der Waals surface area contributed by atoms with Crippen LogP contribution in [0.25, 0.3) is 0 Å². The molecule has 0 aromatic heterocycles. The van der Waals surface area contributed by atoms with Crippen molar-refractivity contribution in [2.45, 2.75) is 32.2 Å². The van der Waals surface area contributed by atoms with Crippen LogP contribution < -0.4 is 5.73 Å². The van der Waals surface area contributed by atoms with E-state index in [1.54, 1.807) is 0 Å². The number of carboxylic acid groups (broad SMARTS) is 1. The average molecular weight is 232 g/mol. The predicted molar refractivity (Wildman–Crippen MR) is 58.5 cm³/mol. The van der Waals surface area contributed by atoms with Crippen molar-refractivity contribution in [2.75, 3.05) is 5.75 Å². The summed E-state index contributed by atoms with van der Waals surface area (Å²) in [6.45, 7) is 5.85. The van der Waals surface area contributed by atoms with Crippen molar-refractivity contribution in [3.8, 4) is 0 Å². The van der Waals surface area contributed by atoms with Gasteiger partial charge in [0.15, 0.2) is 0 Å². The summed E-state index contributed by atoms with van der Waals surface area (Å²) >= 11 is 1.47. The Hall–Kier alpha value is -0.910. The SMILES string of the molecule is CC(C)(C)C1SC[C@@H](C(N)=O)N1C(=O)O. The van der Waals surface area contributed by atoms with E-state index in [9.17, 15) is 9.59 Å². The third-order valence-corrected chi connectivity index (χ3v) is 4.05. The zero-order chi connectivity index (χ0) is 11.8. The van der Waals surface area contributed by atoms with Gasteiger partial charge in [0, 0.05) is 5.75 Å². The van der Waals surface area contributed by atoms with Crippen LogP contribution in [0, 0.1) is 5.41 Å². The Bertz CT molecular complexity index is 288. The molecule has 2 amide bonds. The van der Waals surface area contributed by atoms with Gasteiger partial charge in [0.25, 0.3) is 0 Å². The first-order valence-corrected chi connectivity index (χ1v) is 5.72. The summed E-state index contributed by atoms with van der Waals surface area (Å²) in [7, 11) is 0. The number of thioether (sulfide) groups is 1. The molecule has 3 N–H and O–H groups in total.